The molecule has 0 bridgehead atoms. The summed E-state index contributed by atoms with van der Waals surface area (Å²) in [6, 6.07) is 8.16. The van der Waals surface area contributed by atoms with Crippen molar-refractivity contribution in [1.29, 1.82) is 0 Å². The Hall–Kier alpha value is -1.43. The van der Waals surface area contributed by atoms with Gasteiger partial charge in [-0.3, -0.25) is 4.90 Å². The van der Waals surface area contributed by atoms with Gasteiger partial charge in [-0.15, -0.1) is 35.3 Å². The van der Waals surface area contributed by atoms with E-state index in [9.17, 15) is 0 Å². The molecule has 0 amide bonds. The quantitative estimate of drug-likeness (QED) is 0.244. The minimum Gasteiger partial charge on any atom is -0.492 e. The van der Waals surface area contributed by atoms with Crippen LogP contribution < -0.4 is 15.4 Å². The lowest BCUT2D eigenvalue weighted by Gasteiger charge is -2.26. The standard InChI is InChI=1S/C23H35N5O2S.HI/c1-3-20-18-26-22(31-20)9-10-25-23(24-4-2)27-17-19-7-5-6-8-21(19)30-16-13-28-11-14-29-15-12-28;/h5-8,18H,3-4,9-17H2,1-2H3,(H2,24,25,27);1H. The van der Waals surface area contributed by atoms with Crippen molar-refractivity contribution in [1.82, 2.24) is 20.5 Å². The zero-order valence-electron chi connectivity index (χ0n) is 19.1. The molecule has 1 aromatic heterocycles. The number of hydrogen-bond acceptors (Lipinski definition) is 6. The summed E-state index contributed by atoms with van der Waals surface area (Å²) >= 11 is 1.79. The Kier molecular flexibility index (Phi) is 12.9. The van der Waals surface area contributed by atoms with Gasteiger partial charge in [-0.1, -0.05) is 25.1 Å². The van der Waals surface area contributed by atoms with E-state index in [-0.39, 0.29) is 24.0 Å². The minimum absolute atomic E-state index is 0. The summed E-state index contributed by atoms with van der Waals surface area (Å²) in [6.07, 6.45) is 3.93. The van der Waals surface area contributed by atoms with Crippen LogP contribution in [0.15, 0.2) is 35.5 Å². The fraction of sp³-hybridized carbons (Fsp3) is 0.565. The van der Waals surface area contributed by atoms with Gasteiger partial charge in [0.25, 0.3) is 0 Å². The van der Waals surface area contributed by atoms with Crippen molar-refractivity contribution in [3.8, 4) is 5.75 Å². The van der Waals surface area contributed by atoms with Crippen molar-refractivity contribution in [2.75, 3.05) is 52.5 Å². The maximum atomic E-state index is 6.08. The first kappa shape index (κ1) is 26.8. The number of halogens is 1. The van der Waals surface area contributed by atoms with Gasteiger partial charge in [0.2, 0.25) is 0 Å². The molecule has 2 N–H and O–H groups in total. The van der Waals surface area contributed by atoms with Gasteiger partial charge in [-0.25, -0.2) is 9.98 Å². The number of para-hydroxylation sites is 1. The highest BCUT2D eigenvalue weighted by Crippen LogP contribution is 2.19. The van der Waals surface area contributed by atoms with Crippen LogP contribution in [0.5, 0.6) is 5.75 Å². The lowest BCUT2D eigenvalue weighted by Crippen LogP contribution is -2.38. The molecule has 2 aromatic rings. The van der Waals surface area contributed by atoms with Gasteiger partial charge in [0, 0.05) is 55.8 Å². The van der Waals surface area contributed by atoms with Crippen molar-refractivity contribution in [3.05, 3.63) is 45.9 Å². The number of aryl methyl sites for hydroxylation is 1. The molecule has 2 heterocycles. The second kappa shape index (κ2) is 15.4. The molecule has 7 nitrogen and oxygen atoms in total. The van der Waals surface area contributed by atoms with Crippen molar-refractivity contribution in [2.24, 2.45) is 4.99 Å². The van der Waals surface area contributed by atoms with E-state index in [4.69, 9.17) is 14.5 Å². The normalized spacial score (nSPS) is 14.6. The zero-order chi connectivity index (χ0) is 21.7. The molecule has 0 aliphatic carbocycles. The third-order valence-corrected chi connectivity index (χ3v) is 6.28. The molecule has 0 unspecified atom stereocenters. The van der Waals surface area contributed by atoms with Crippen molar-refractivity contribution in [2.45, 2.75) is 33.2 Å². The summed E-state index contributed by atoms with van der Waals surface area (Å²) in [6.45, 7) is 11.6. The van der Waals surface area contributed by atoms with Gasteiger partial charge in [0.15, 0.2) is 5.96 Å². The van der Waals surface area contributed by atoms with Gasteiger partial charge < -0.3 is 20.1 Å². The van der Waals surface area contributed by atoms with Crippen LogP contribution >= 0.6 is 35.3 Å². The van der Waals surface area contributed by atoms with Gasteiger partial charge in [-0.05, 0) is 19.4 Å². The largest absolute Gasteiger partial charge is 0.492 e. The Morgan fingerprint density at radius 1 is 1.22 bits per heavy atom. The van der Waals surface area contributed by atoms with E-state index in [1.807, 2.05) is 24.4 Å². The van der Waals surface area contributed by atoms with E-state index in [1.165, 1.54) is 9.88 Å². The Balaban J connectivity index is 0.00000363. The first-order chi connectivity index (χ1) is 15.3. The number of guanidine groups is 1. The number of aliphatic imine (C=N–C) groups is 1. The van der Waals surface area contributed by atoms with Crippen LogP contribution in [-0.4, -0.2) is 68.4 Å². The molecular formula is C23H36IN5O2S. The van der Waals surface area contributed by atoms with E-state index in [0.29, 0.717) is 13.2 Å². The molecule has 3 rings (SSSR count). The average molecular weight is 574 g/mol. The minimum atomic E-state index is 0. The number of ether oxygens (including phenoxy) is 2. The number of nitrogens with one attached hydrogen (secondary N) is 2. The zero-order valence-corrected chi connectivity index (χ0v) is 22.3. The SMILES string of the molecule is CCNC(=NCc1ccccc1OCCN1CCOCC1)NCCc1ncc(CC)s1.I. The van der Waals surface area contributed by atoms with Crippen LogP contribution in [0.3, 0.4) is 0 Å². The molecule has 32 heavy (non-hydrogen) atoms. The average Bonchev–Trinajstić information content (AvgIpc) is 3.27. The highest BCUT2D eigenvalue weighted by molar-refractivity contribution is 14.0. The molecule has 9 heteroatoms. The van der Waals surface area contributed by atoms with Gasteiger partial charge in [0.1, 0.15) is 12.4 Å². The van der Waals surface area contributed by atoms with Crippen molar-refractivity contribution in [3.63, 3.8) is 0 Å². The summed E-state index contributed by atoms with van der Waals surface area (Å²) in [5, 5.41) is 7.91. The molecule has 0 atom stereocenters. The van der Waals surface area contributed by atoms with Gasteiger partial charge in [0.05, 0.1) is 24.8 Å². The third-order valence-electron chi connectivity index (χ3n) is 5.07. The Labute approximate surface area is 213 Å². The van der Waals surface area contributed by atoms with Crippen molar-refractivity contribution < 1.29 is 9.47 Å². The van der Waals surface area contributed by atoms with Crippen LogP contribution in [0.2, 0.25) is 0 Å². The first-order valence-corrected chi connectivity index (χ1v) is 12.1. The Bertz CT molecular complexity index is 811. The predicted octanol–water partition coefficient (Wildman–Crippen LogP) is 3.33. The van der Waals surface area contributed by atoms with Crippen LogP contribution in [0, 0.1) is 0 Å². The molecule has 1 saturated heterocycles. The molecule has 0 radical (unpaired) electrons. The number of morpholine rings is 1. The molecule has 1 aromatic carbocycles. The fourth-order valence-electron chi connectivity index (χ4n) is 3.31. The molecule has 178 valence electrons. The van der Waals surface area contributed by atoms with Crippen LogP contribution in [-0.2, 0) is 24.1 Å². The van der Waals surface area contributed by atoms with E-state index < -0.39 is 0 Å². The monoisotopic (exact) mass is 573 g/mol. The van der Waals surface area contributed by atoms with E-state index in [1.54, 1.807) is 11.3 Å². The van der Waals surface area contributed by atoms with E-state index >= 15 is 0 Å². The topological polar surface area (TPSA) is 71.0 Å². The molecule has 1 aliphatic rings. The number of benzene rings is 1. The Morgan fingerprint density at radius 2 is 2.03 bits per heavy atom. The summed E-state index contributed by atoms with van der Waals surface area (Å²) in [5.74, 6) is 1.73. The lowest BCUT2D eigenvalue weighted by molar-refractivity contribution is 0.0322. The number of thiazole rings is 1. The maximum Gasteiger partial charge on any atom is 0.191 e. The Morgan fingerprint density at radius 3 is 2.78 bits per heavy atom. The van der Waals surface area contributed by atoms with Crippen LogP contribution in [0.25, 0.3) is 0 Å². The highest BCUT2D eigenvalue weighted by Gasteiger charge is 2.10. The van der Waals surface area contributed by atoms with Gasteiger partial charge >= 0.3 is 0 Å². The number of aromatic nitrogens is 1. The molecular weight excluding hydrogens is 537 g/mol. The highest BCUT2D eigenvalue weighted by atomic mass is 127. The number of nitrogens with zero attached hydrogens (tertiary/aromatic N) is 3. The molecule has 0 saturated carbocycles. The summed E-state index contributed by atoms with van der Waals surface area (Å²) in [7, 11) is 0. The van der Waals surface area contributed by atoms with Gasteiger partial charge in [-0.2, -0.15) is 0 Å². The summed E-state index contributed by atoms with van der Waals surface area (Å²) in [5.41, 5.74) is 1.09. The molecule has 1 aliphatic heterocycles. The summed E-state index contributed by atoms with van der Waals surface area (Å²) < 4.78 is 11.5. The first-order valence-electron chi connectivity index (χ1n) is 11.2. The van der Waals surface area contributed by atoms with Crippen LogP contribution in [0.1, 0.15) is 29.3 Å². The number of rotatable bonds is 11. The predicted molar refractivity (Wildman–Crippen MR) is 143 cm³/mol. The van der Waals surface area contributed by atoms with Crippen LogP contribution in [0.4, 0.5) is 0 Å². The number of hydrogen-bond donors (Lipinski definition) is 2. The summed E-state index contributed by atoms with van der Waals surface area (Å²) in [4.78, 5) is 13.0. The second-order valence-corrected chi connectivity index (χ2v) is 8.56. The smallest absolute Gasteiger partial charge is 0.191 e. The van der Waals surface area contributed by atoms with Crippen molar-refractivity contribution >= 4 is 41.3 Å². The molecule has 0 spiro atoms. The van der Waals surface area contributed by atoms with E-state index in [0.717, 1.165) is 76.1 Å². The second-order valence-electron chi connectivity index (χ2n) is 7.36. The maximum absolute atomic E-state index is 6.08. The van der Waals surface area contributed by atoms with E-state index in [2.05, 4.69) is 40.4 Å². The third kappa shape index (κ3) is 9.21. The molecule has 1 fully saturated rings. The lowest BCUT2D eigenvalue weighted by atomic mass is 10.2. The fourth-order valence-corrected chi connectivity index (χ4v) is 4.17.